The molecule has 0 aliphatic heterocycles. The number of para-hydroxylation sites is 1. The number of carboxylic acid groups (broad SMARTS) is 1. The fourth-order valence-electron chi connectivity index (χ4n) is 2.89. The predicted molar refractivity (Wildman–Crippen MR) is 81.5 cm³/mol. The summed E-state index contributed by atoms with van der Waals surface area (Å²) in [6.07, 6.45) is 3.28. The molecule has 3 unspecified atom stereocenters. The molecule has 1 saturated carbocycles. The summed E-state index contributed by atoms with van der Waals surface area (Å²) in [6, 6.07) is 6.21. The first-order valence-electron chi connectivity index (χ1n) is 7.39. The number of carbonyl (C=O) groups excluding carboxylic acids is 1. The number of hydrogen-bond acceptors (Lipinski definition) is 2. The number of carbonyl (C=O) groups is 2. The molecule has 5 nitrogen and oxygen atoms in total. The van der Waals surface area contributed by atoms with Crippen molar-refractivity contribution < 1.29 is 14.7 Å². The standard InChI is InChI=1S/C16H22N2O3/c1-10-6-5-9-13(11(10)2)17-16(21)18-14-8-4-3-7-12(14)15(19)20/h3-4,7-8,10-11,13H,5-6,9H2,1-2H3,(H,19,20)(H2,17,18,21). The summed E-state index contributed by atoms with van der Waals surface area (Å²) in [5.41, 5.74) is 0.414. The van der Waals surface area contributed by atoms with E-state index in [0.29, 0.717) is 17.5 Å². The molecule has 5 heteroatoms. The van der Waals surface area contributed by atoms with Crippen molar-refractivity contribution in [2.75, 3.05) is 5.32 Å². The zero-order valence-corrected chi connectivity index (χ0v) is 12.4. The van der Waals surface area contributed by atoms with Crippen molar-refractivity contribution in [2.24, 2.45) is 11.8 Å². The first-order valence-corrected chi connectivity index (χ1v) is 7.39. The summed E-state index contributed by atoms with van der Waals surface area (Å²) in [6.45, 7) is 4.36. The van der Waals surface area contributed by atoms with Crippen molar-refractivity contribution in [1.82, 2.24) is 5.32 Å². The van der Waals surface area contributed by atoms with E-state index in [1.54, 1.807) is 18.2 Å². The van der Waals surface area contributed by atoms with Crippen molar-refractivity contribution in [1.29, 1.82) is 0 Å². The zero-order valence-electron chi connectivity index (χ0n) is 12.4. The highest BCUT2D eigenvalue weighted by molar-refractivity contribution is 6.00. The van der Waals surface area contributed by atoms with E-state index in [9.17, 15) is 9.59 Å². The van der Waals surface area contributed by atoms with Crippen molar-refractivity contribution in [3.05, 3.63) is 29.8 Å². The van der Waals surface area contributed by atoms with Crippen LogP contribution in [0.3, 0.4) is 0 Å². The molecule has 0 saturated heterocycles. The van der Waals surface area contributed by atoms with Gasteiger partial charge in [0.05, 0.1) is 11.3 Å². The molecule has 0 aromatic heterocycles. The van der Waals surface area contributed by atoms with E-state index in [-0.39, 0.29) is 17.6 Å². The second-order valence-corrected chi connectivity index (χ2v) is 5.82. The number of carboxylic acids is 1. The van der Waals surface area contributed by atoms with Crippen LogP contribution in [0.1, 0.15) is 43.5 Å². The highest BCUT2D eigenvalue weighted by Crippen LogP contribution is 2.29. The number of aromatic carboxylic acids is 1. The van der Waals surface area contributed by atoms with Gasteiger partial charge in [-0.05, 0) is 30.4 Å². The SMILES string of the molecule is CC1CCCC(NC(=O)Nc2ccccc2C(=O)O)C1C. The number of hydrogen-bond donors (Lipinski definition) is 3. The van der Waals surface area contributed by atoms with E-state index in [1.165, 1.54) is 12.5 Å². The Bertz CT molecular complexity index is 530. The van der Waals surface area contributed by atoms with Crippen LogP contribution >= 0.6 is 0 Å². The highest BCUT2D eigenvalue weighted by atomic mass is 16.4. The van der Waals surface area contributed by atoms with E-state index in [1.807, 2.05) is 0 Å². The average molecular weight is 290 g/mol. The number of urea groups is 1. The topological polar surface area (TPSA) is 78.4 Å². The van der Waals surface area contributed by atoms with Crippen LogP contribution in [-0.4, -0.2) is 23.1 Å². The Balaban J connectivity index is 2.00. The van der Waals surface area contributed by atoms with Gasteiger partial charge in [-0.25, -0.2) is 9.59 Å². The minimum Gasteiger partial charge on any atom is -0.478 e. The molecule has 0 spiro atoms. The Morgan fingerprint density at radius 1 is 1.19 bits per heavy atom. The lowest BCUT2D eigenvalue weighted by Crippen LogP contribution is -2.45. The summed E-state index contributed by atoms with van der Waals surface area (Å²) in [7, 11) is 0. The van der Waals surface area contributed by atoms with Gasteiger partial charge in [0.25, 0.3) is 0 Å². The van der Waals surface area contributed by atoms with E-state index >= 15 is 0 Å². The smallest absolute Gasteiger partial charge is 0.337 e. The van der Waals surface area contributed by atoms with Gasteiger partial charge in [-0.1, -0.05) is 38.8 Å². The summed E-state index contributed by atoms with van der Waals surface area (Å²) in [5, 5.41) is 14.7. The average Bonchev–Trinajstić information content (AvgIpc) is 2.44. The second kappa shape index (κ2) is 6.61. The van der Waals surface area contributed by atoms with Crippen molar-refractivity contribution in [3.63, 3.8) is 0 Å². The van der Waals surface area contributed by atoms with E-state index in [4.69, 9.17) is 5.11 Å². The van der Waals surface area contributed by atoms with Gasteiger partial charge in [-0.3, -0.25) is 0 Å². The van der Waals surface area contributed by atoms with E-state index in [0.717, 1.165) is 12.8 Å². The van der Waals surface area contributed by atoms with Gasteiger partial charge in [0.1, 0.15) is 0 Å². The molecule has 0 radical (unpaired) electrons. The molecule has 3 N–H and O–H groups in total. The number of nitrogens with one attached hydrogen (secondary N) is 2. The maximum absolute atomic E-state index is 12.1. The van der Waals surface area contributed by atoms with Crippen LogP contribution in [0.5, 0.6) is 0 Å². The third-order valence-corrected chi connectivity index (χ3v) is 4.43. The Labute approximate surface area is 124 Å². The maximum atomic E-state index is 12.1. The number of benzene rings is 1. The molecular weight excluding hydrogens is 268 g/mol. The summed E-state index contributed by atoms with van der Waals surface area (Å²) in [4.78, 5) is 23.2. The first-order chi connectivity index (χ1) is 9.99. The minimum atomic E-state index is -1.05. The van der Waals surface area contributed by atoms with Gasteiger partial charge in [-0.15, -0.1) is 0 Å². The molecule has 1 aliphatic rings. The fraction of sp³-hybridized carbons (Fsp3) is 0.500. The van der Waals surface area contributed by atoms with Crippen LogP contribution < -0.4 is 10.6 Å². The van der Waals surface area contributed by atoms with Gasteiger partial charge in [0.2, 0.25) is 0 Å². The Hall–Kier alpha value is -2.04. The third kappa shape index (κ3) is 3.74. The highest BCUT2D eigenvalue weighted by Gasteiger charge is 2.28. The molecule has 1 aromatic rings. The number of rotatable bonds is 3. The largest absolute Gasteiger partial charge is 0.478 e. The molecule has 3 atom stereocenters. The molecule has 1 aliphatic carbocycles. The summed E-state index contributed by atoms with van der Waals surface area (Å²) < 4.78 is 0. The van der Waals surface area contributed by atoms with Crippen molar-refractivity contribution in [2.45, 2.75) is 39.2 Å². The Morgan fingerprint density at radius 2 is 1.90 bits per heavy atom. The van der Waals surface area contributed by atoms with Gasteiger partial charge >= 0.3 is 12.0 Å². The lowest BCUT2D eigenvalue weighted by atomic mass is 9.78. The Morgan fingerprint density at radius 3 is 2.62 bits per heavy atom. The molecule has 1 fully saturated rings. The second-order valence-electron chi connectivity index (χ2n) is 5.82. The fourth-order valence-corrected chi connectivity index (χ4v) is 2.89. The molecule has 114 valence electrons. The van der Waals surface area contributed by atoms with Gasteiger partial charge in [0, 0.05) is 6.04 Å². The maximum Gasteiger partial charge on any atom is 0.337 e. The lowest BCUT2D eigenvalue weighted by molar-refractivity contribution is 0.0698. The van der Waals surface area contributed by atoms with Crippen LogP contribution in [0.4, 0.5) is 10.5 Å². The third-order valence-electron chi connectivity index (χ3n) is 4.43. The number of anilines is 1. The summed E-state index contributed by atoms with van der Waals surface area (Å²) >= 11 is 0. The minimum absolute atomic E-state index is 0.0951. The molecular formula is C16H22N2O3. The molecule has 2 rings (SSSR count). The van der Waals surface area contributed by atoms with Gasteiger partial charge < -0.3 is 15.7 Å². The quantitative estimate of drug-likeness (QED) is 0.799. The van der Waals surface area contributed by atoms with Crippen LogP contribution in [0.2, 0.25) is 0 Å². The van der Waals surface area contributed by atoms with Crippen molar-refractivity contribution in [3.8, 4) is 0 Å². The van der Waals surface area contributed by atoms with Crippen LogP contribution in [0.25, 0.3) is 0 Å². The lowest BCUT2D eigenvalue weighted by Gasteiger charge is -2.34. The zero-order chi connectivity index (χ0) is 15.4. The van der Waals surface area contributed by atoms with Crippen LogP contribution in [0.15, 0.2) is 24.3 Å². The van der Waals surface area contributed by atoms with Gasteiger partial charge in [-0.2, -0.15) is 0 Å². The predicted octanol–water partition coefficient (Wildman–Crippen LogP) is 3.33. The molecule has 21 heavy (non-hydrogen) atoms. The normalized spacial score (nSPS) is 25.1. The van der Waals surface area contributed by atoms with E-state index < -0.39 is 5.97 Å². The van der Waals surface area contributed by atoms with Crippen LogP contribution in [-0.2, 0) is 0 Å². The van der Waals surface area contributed by atoms with Gasteiger partial charge in [0.15, 0.2) is 0 Å². The van der Waals surface area contributed by atoms with E-state index in [2.05, 4.69) is 24.5 Å². The monoisotopic (exact) mass is 290 g/mol. The summed E-state index contributed by atoms with van der Waals surface area (Å²) in [5.74, 6) is -0.0277. The molecule has 0 heterocycles. The van der Waals surface area contributed by atoms with Crippen LogP contribution in [0, 0.1) is 11.8 Å². The number of amides is 2. The Kier molecular flexibility index (Phi) is 4.83. The molecule has 2 amide bonds. The molecule has 0 bridgehead atoms. The van der Waals surface area contributed by atoms with Crippen molar-refractivity contribution >= 4 is 17.7 Å². The molecule has 1 aromatic carbocycles. The first kappa shape index (κ1) is 15.4.